The summed E-state index contributed by atoms with van der Waals surface area (Å²) in [7, 11) is 1.64. The molecule has 1 saturated carbocycles. The van der Waals surface area contributed by atoms with Crippen LogP contribution in [-0.2, 0) is 21.4 Å². The maximum atomic E-state index is 13.1. The predicted octanol–water partition coefficient (Wildman–Crippen LogP) is 3.65. The highest BCUT2D eigenvalue weighted by Gasteiger charge is 2.49. The van der Waals surface area contributed by atoms with E-state index in [9.17, 15) is 14.4 Å². The number of aliphatic imine (C=N–C) groups is 1. The van der Waals surface area contributed by atoms with Crippen LogP contribution in [0.25, 0.3) is 11.1 Å². The van der Waals surface area contributed by atoms with E-state index in [1.165, 1.54) is 0 Å². The van der Waals surface area contributed by atoms with E-state index < -0.39 is 11.5 Å². The zero-order chi connectivity index (χ0) is 27.3. The number of carbonyl (C=O) groups excluding carboxylic acids is 3. The fourth-order valence-corrected chi connectivity index (χ4v) is 4.83. The van der Waals surface area contributed by atoms with Gasteiger partial charge in [0.15, 0.2) is 0 Å². The number of hydrogen-bond acceptors (Lipinski definition) is 4. The van der Waals surface area contributed by atoms with Crippen LogP contribution in [-0.4, -0.2) is 43.6 Å². The lowest BCUT2D eigenvalue weighted by atomic mass is 9.93. The van der Waals surface area contributed by atoms with Crippen LogP contribution in [0.5, 0.6) is 0 Å². The Bertz CT molecular complexity index is 1340. The fourth-order valence-electron chi connectivity index (χ4n) is 4.83. The standard InChI is InChI=1S/C31H34N4O3/c1-20-16-21(2)18-22(17-20)19-27(29(37)34-15-14-33-3)35-28(36)25-6-4-23(5-7-25)24-8-10-26(11-9-24)31(12-13-31)30(32)38/h4-11,14,16-18,27H,12-13,15,19H2,1-3H3,(H2,32,38)(H,34,37)(H,35,36). The van der Waals surface area contributed by atoms with E-state index in [0.717, 1.165) is 46.2 Å². The number of amides is 3. The van der Waals surface area contributed by atoms with Gasteiger partial charge in [0.1, 0.15) is 6.04 Å². The average Bonchev–Trinajstić information content (AvgIpc) is 3.70. The Morgan fingerprint density at radius 3 is 2.05 bits per heavy atom. The summed E-state index contributed by atoms with van der Waals surface area (Å²) < 4.78 is 0. The molecule has 38 heavy (non-hydrogen) atoms. The molecule has 4 rings (SSSR count). The Balaban J connectivity index is 1.47. The van der Waals surface area contributed by atoms with Gasteiger partial charge in [-0.05, 0) is 61.1 Å². The van der Waals surface area contributed by atoms with Gasteiger partial charge in [-0.1, -0.05) is 65.7 Å². The van der Waals surface area contributed by atoms with Gasteiger partial charge in [0.2, 0.25) is 11.8 Å². The van der Waals surface area contributed by atoms with Gasteiger partial charge in [-0.25, -0.2) is 0 Å². The molecule has 3 aromatic carbocycles. The Morgan fingerprint density at radius 1 is 0.947 bits per heavy atom. The Labute approximate surface area is 223 Å². The van der Waals surface area contributed by atoms with Crippen LogP contribution in [0.4, 0.5) is 0 Å². The van der Waals surface area contributed by atoms with Crippen molar-refractivity contribution in [2.75, 3.05) is 13.6 Å². The van der Waals surface area contributed by atoms with Crippen molar-refractivity contribution in [1.82, 2.24) is 10.6 Å². The van der Waals surface area contributed by atoms with Crippen molar-refractivity contribution in [2.24, 2.45) is 10.7 Å². The summed E-state index contributed by atoms with van der Waals surface area (Å²) >= 11 is 0. The second-order valence-electron chi connectivity index (χ2n) is 10.0. The van der Waals surface area contributed by atoms with E-state index in [4.69, 9.17) is 5.73 Å². The largest absolute Gasteiger partial charge is 0.369 e. The van der Waals surface area contributed by atoms with E-state index in [2.05, 4.69) is 21.7 Å². The van der Waals surface area contributed by atoms with Crippen LogP contribution in [0, 0.1) is 13.8 Å². The highest BCUT2D eigenvalue weighted by Crippen LogP contribution is 2.48. The van der Waals surface area contributed by atoms with Gasteiger partial charge in [0.05, 0.1) is 12.0 Å². The second kappa shape index (κ2) is 11.4. The van der Waals surface area contributed by atoms with Crippen LogP contribution in [0.3, 0.4) is 0 Å². The van der Waals surface area contributed by atoms with Crippen LogP contribution < -0.4 is 16.4 Å². The average molecular weight is 511 g/mol. The third-order valence-electron chi connectivity index (χ3n) is 7.03. The van der Waals surface area contributed by atoms with E-state index >= 15 is 0 Å². The maximum absolute atomic E-state index is 13.1. The van der Waals surface area contributed by atoms with Gasteiger partial charge >= 0.3 is 0 Å². The number of benzene rings is 3. The molecule has 4 N–H and O–H groups in total. The first-order valence-electron chi connectivity index (χ1n) is 12.8. The molecule has 7 nitrogen and oxygen atoms in total. The molecule has 196 valence electrons. The van der Waals surface area contributed by atoms with Crippen molar-refractivity contribution in [3.8, 4) is 11.1 Å². The smallest absolute Gasteiger partial charge is 0.251 e. The number of nitrogens with zero attached hydrogens (tertiary/aromatic N) is 1. The Morgan fingerprint density at radius 2 is 1.53 bits per heavy atom. The topological polar surface area (TPSA) is 114 Å². The summed E-state index contributed by atoms with van der Waals surface area (Å²) in [6, 6.07) is 20.5. The van der Waals surface area contributed by atoms with Crippen molar-refractivity contribution in [1.29, 1.82) is 0 Å². The zero-order valence-electron chi connectivity index (χ0n) is 22.1. The highest BCUT2D eigenvalue weighted by molar-refractivity contribution is 5.98. The first-order valence-corrected chi connectivity index (χ1v) is 12.8. The lowest BCUT2D eigenvalue weighted by Crippen LogP contribution is -2.48. The third-order valence-corrected chi connectivity index (χ3v) is 7.03. The monoisotopic (exact) mass is 510 g/mol. The first-order chi connectivity index (χ1) is 18.2. The van der Waals surface area contributed by atoms with Crippen molar-refractivity contribution >= 4 is 23.9 Å². The molecule has 0 aromatic heterocycles. The molecular weight excluding hydrogens is 476 g/mol. The van der Waals surface area contributed by atoms with Crippen molar-refractivity contribution < 1.29 is 14.4 Å². The van der Waals surface area contributed by atoms with E-state index in [1.807, 2.05) is 62.4 Å². The van der Waals surface area contributed by atoms with Crippen molar-refractivity contribution in [3.05, 3.63) is 94.5 Å². The predicted molar refractivity (Wildman–Crippen MR) is 150 cm³/mol. The molecule has 1 fully saturated rings. The maximum Gasteiger partial charge on any atom is 0.251 e. The molecule has 0 saturated heterocycles. The first kappa shape index (κ1) is 26.8. The number of nitrogens with two attached hydrogens (primary N) is 1. The minimum atomic E-state index is -0.735. The van der Waals surface area contributed by atoms with Crippen LogP contribution >= 0.6 is 0 Å². The molecule has 0 radical (unpaired) electrons. The van der Waals surface area contributed by atoms with Crippen LogP contribution in [0.2, 0.25) is 0 Å². The Hall–Kier alpha value is -4.26. The SMILES string of the molecule is CN=CCNC(=O)C(Cc1cc(C)cc(C)c1)NC(=O)c1ccc(-c2ccc(C3(C(N)=O)CC3)cc2)cc1. The molecule has 7 heteroatoms. The number of hydrogen-bond donors (Lipinski definition) is 3. The lowest BCUT2D eigenvalue weighted by Gasteiger charge is -2.19. The highest BCUT2D eigenvalue weighted by atomic mass is 16.2. The summed E-state index contributed by atoms with van der Waals surface area (Å²) in [6.07, 6.45) is 3.57. The fraction of sp³-hybridized carbons (Fsp3) is 0.290. The van der Waals surface area contributed by atoms with E-state index in [-0.39, 0.29) is 17.7 Å². The summed E-state index contributed by atoms with van der Waals surface area (Å²) in [4.78, 5) is 41.8. The second-order valence-corrected chi connectivity index (χ2v) is 10.0. The van der Waals surface area contributed by atoms with E-state index in [1.54, 1.807) is 25.4 Å². The van der Waals surface area contributed by atoms with Crippen molar-refractivity contribution in [3.63, 3.8) is 0 Å². The Kier molecular flexibility index (Phi) is 8.05. The summed E-state index contributed by atoms with van der Waals surface area (Å²) in [5.41, 5.74) is 11.6. The number of primary amides is 1. The lowest BCUT2D eigenvalue weighted by molar-refractivity contribution is -0.122. The van der Waals surface area contributed by atoms with Gasteiger partial charge in [-0.2, -0.15) is 0 Å². The molecule has 0 bridgehead atoms. The van der Waals surface area contributed by atoms with Crippen LogP contribution in [0.15, 0.2) is 71.7 Å². The summed E-state index contributed by atoms with van der Waals surface area (Å²) in [5.74, 6) is -0.861. The van der Waals surface area contributed by atoms with Crippen LogP contribution in [0.1, 0.15) is 45.5 Å². The molecule has 0 heterocycles. The normalized spacial score (nSPS) is 14.6. The molecule has 0 aliphatic heterocycles. The molecule has 1 unspecified atom stereocenters. The quantitative estimate of drug-likeness (QED) is 0.362. The van der Waals surface area contributed by atoms with Gasteiger partial charge in [-0.15, -0.1) is 0 Å². The van der Waals surface area contributed by atoms with Gasteiger partial charge in [-0.3, -0.25) is 19.4 Å². The third kappa shape index (κ3) is 6.17. The minimum absolute atomic E-state index is 0.265. The number of nitrogens with one attached hydrogen (secondary N) is 2. The van der Waals surface area contributed by atoms with Crippen molar-refractivity contribution in [2.45, 2.75) is 44.6 Å². The number of rotatable bonds is 10. The van der Waals surface area contributed by atoms with Gasteiger partial charge in [0.25, 0.3) is 5.91 Å². The zero-order valence-corrected chi connectivity index (χ0v) is 22.1. The molecular formula is C31H34N4O3. The summed E-state index contributed by atoms with van der Waals surface area (Å²) in [5, 5.41) is 5.72. The number of aryl methyl sites for hydroxylation is 2. The molecule has 1 aliphatic carbocycles. The van der Waals surface area contributed by atoms with E-state index in [0.29, 0.717) is 18.5 Å². The van der Waals surface area contributed by atoms with Gasteiger partial charge in [0, 0.05) is 25.2 Å². The molecule has 3 aromatic rings. The minimum Gasteiger partial charge on any atom is -0.369 e. The summed E-state index contributed by atoms with van der Waals surface area (Å²) in [6.45, 7) is 4.32. The molecule has 1 aliphatic rings. The molecule has 1 atom stereocenters. The molecule has 3 amide bonds. The number of carbonyl (C=O) groups is 3. The van der Waals surface area contributed by atoms with Gasteiger partial charge < -0.3 is 16.4 Å². The molecule has 0 spiro atoms.